The molecule has 0 fully saturated rings. The Hall–Kier alpha value is -0.580. The van der Waals surface area contributed by atoms with Gasteiger partial charge in [0.2, 0.25) is 0 Å². The van der Waals surface area contributed by atoms with Crippen molar-refractivity contribution in [2.24, 2.45) is 0 Å². The zero-order valence-electron chi connectivity index (χ0n) is 13.5. The summed E-state index contributed by atoms with van der Waals surface area (Å²) in [7, 11) is 0. The predicted octanol–water partition coefficient (Wildman–Crippen LogP) is 2.80. The molecule has 0 radical (unpaired) electrons. The monoisotopic (exact) mass is 301 g/mol. The Kier molecular flexibility index (Phi) is 5.64. The summed E-state index contributed by atoms with van der Waals surface area (Å²) in [5, 5.41) is 19.1. The van der Waals surface area contributed by atoms with Crippen molar-refractivity contribution in [1.29, 1.82) is 0 Å². The third-order valence-electron chi connectivity index (χ3n) is 3.24. The van der Waals surface area contributed by atoms with Gasteiger partial charge in [0, 0.05) is 25.0 Å². The van der Waals surface area contributed by atoms with Crippen molar-refractivity contribution in [2.75, 3.05) is 6.54 Å². The first-order valence-electron chi connectivity index (χ1n) is 7.31. The SMILES string of the molecule is CCc1nn(CC)c(CC(C)(O)CNC(C)(C)C)c1Cl. The van der Waals surface area contributed by atoms with Gasteiger partial charge in [0.1, 0.15) is 0 Å². The summed E-state index contributed by atoms with van der Waals surface area (Å²) in [6, 6.07) is 0. The first-order valence-corrected chi connectivity index (χ1v) is 7.69. The van der Waals surface area contributed by atoms with Crippen LogP contribution < -0.4 is 5.32 Å². The molecule has 1 heterocycles. The zero-order chi connectivity index (χ0) is 15.6. The highest BCUT2D eigenvalue weighted by Crippen LogP contribution is 2.25. The molecule has 0 bridgehead atoms. The lowest BCUT2D eigenvalue weighted by atomic mass is 9.97. The molecule has 2 N–H and O–H groups in total. The van der Waals surface area contributed by atoms with Crippen molar-refractivity contribution in [3.63, 3.8) is 0 Å². The van der Waals surface area contributed by atoms with E-state index in [1.807, 2.05) is 25.5 Å². The standard InChI is InChI=1S/C15H28ClN3O/c1-7-11-13(16)12(19(8-2)18-11)9-15(6,20)10-17-14(3,4)5/h17,20H,7-10H2,1-6H3. The van der Waals surface area contributed by atoms with Crippen LogP contribution in [0.25, 0.3) is 0 Å². The van der Waals surface area contributed by atoms with Crippen molar-refractivity contribution in [3.05, 3.63) is 16.4 Å². The van der Waals surface area contributed by atoms with Crippen LogP contribution in [0, 0.1) is 0 Å². The minimum absolute atomic E-state index is 0.0205. The number of hydrogen-bond donors (Lipinski definition) is 2. The van der Waals surface area contributed by atoms with Gasteiger partial charge in [-0.25, -0.2) is 0 Å². The maximum atomic E-state index is 10.6. The van der Waals surface area contributed by atoms with Gasteiger partial charge >= 0.3 is 0 Å². The average molecular weight is 302 g/mol. The molecular formula is C15H28ClN3O. The lowest BCUT2D eigenvalue weighted by Gasteiger charge is -2.29. The lowest BCUT2D eigenvalue weighted by molar-refractivity contribution is 0.0515. The highest BCUT2D eigenvalue weighted by Gasteiger charge is 2.27. The molecule has 4 nitrogen and oxygen atoms in total. The predicted molar refractivity (Wildman–Crippen MR) is 84.4 cm³/mol. The van der Waals surface area contributed by atoms with Crippen LogP contribution >= 0.6 is 11.6 Å². The van der Waals surface area contributed by atoms with Crippen LogP contribution in [0.1, 0.15) is 52.9 Å². The minimum Gasteiger partial charge on any atom is -0.388 e. The number of hydrogen-bond acceptors (Lipinski definition) is 3. The second kappa shape index (κ2) is 6.46. The van der Waals surface area contributed by atoms with Crippen LogP contribution in [0.4, 0.5) is 0 Å². The second-order valence-corrected chi connectivity index (χ2v) is 7.03. The maximum absolute atomic E-state index is 10.6. The number of nitrogens with zero attached hydrogens (tertiary/aromatic N) is 2. The summed E-state index contributed by atoms with van der Waals surface area (Å²) in [4.78, 5) is 0. The molecule has 0 aliphatic heterocycles. The highest BCUT2D eigenvalue weighted by atomic mass is 35.5. The number of β-amino-alcohol motifs (C(OH)–C–C–N with tert-alkyl or cyclic N) is 1. The molecule has 0 saturated heterocycles. The van der Waals surface area contributed by atoms with Crippen LogP contribution in [-0.2, 0) is 19.4 Å². The molecule has 1 unspecified atom stereocenters. The molecule has 1 aromatic rings. The smallest absolute Gasteiger partial charge is 0.0850 e. The molecule has 0 saturated carbocycles. The van der Waals surface area contributed by atoms with Crippen LogP contribution in [0.3, 0.4) is 0 Å². The van der Waals surface area contributed by atoms with E-state index in [2.05, 4.69) is 31.2 Å². The van der Waals surface area contributed by atoms with Gasteiger partial charge in [0.15, 0.2) is 0 Å². The summed E-state index contributed by atoms with van der Waals surface area (Å²) in [5.74, 6) is 0. The van der Waals surface area contributed by atoms with Crippen LogP contribution in [0.15, 0.2) is 0 Å². The van der Waals surface area contributed by atoms with Gasteiger partial charge in [-0.1, -0.05) is 18.5 Å². The fourth-order valence-corrected chi connectivity index (χ4v) is 2.40. The summed E-state index contributed by atoms with van der Waals surface area (Å²) < 4.78 is 1.90. The van der Waals surface area contributed by atoms with E-state index in [9.17, 15) is 5.11 Å². The van der Waals surface area contributed by atoms with Crippen molar-refractivity contribution < 1.29 is 5.11 Å². The first-order chi connectivity index (χ1) is 9.09. The fourth-order valence-electron chi connectivity index (χ4n) is 2.06. The molecule has 0 amide bonds. The normalized spacial score (nSPS) is 15.4. The van der Waals surface area contributed by atoms with E-state index in [-0.39, 0.29) is 5.54 Å². The third-order valence-corrected chi connectivity index (χ3v) is 3.68. The van der Waals surface area contributed by atoms with E-state index < -0.39 is 5.60 Å². The molecule has 20 heavy (non-hydrogen) atoms. The van der Waals surface area contributed by atoms with Crippen LogP contribution in [-0.4, -0.2) is 32.6 Å². The molecule has 1 aromatic heterocycles. The minimum atomic E-state index is -0.852. The Morgan fingerprint density at radius 2 is 1.85 bits per heavy atom. The van der Waals surface area contributed by atoms with E-state index in [4.69, 9.17) is 11.6 Å². The molecule has 1 rings (SSSR count). The van der Waals surface area contributed by atoms with E-state index in [1.165, 1.54) is 0 Å². The van der Waals surface area contributed by atoms with Gasteiger partial charge in [-0.05, 0) is 41.0 Å². The van der Waals surface area contributed by atoms with Crippen molar-refractivity contribution in [2.45, 2.75) is 72.1 Å². The largest absolute Gasteiger partial charge is 0.388 e. The van der Waals surface area contributed by atoms with Crippen LogP contribution in [0.2, 0.25) is 5.02 Å². The summed E-state index contributed by atoms with van der Waals surface area (Å²) in [5.41, 5.74) is 0.956. The van der Waals surface area contributed by atoms with Gasteiger partial charge in [-0.15, -0.1) is 0 Å². The summed E-state index contributed by atoms with van der Waals surface area (Å²) in [6.45, 7) is 13.4. The van der Waals surface area contributed by atoms with Gasteiger partial charge in [0.25, 0.3) is 0 Å². The third kappa shape index (κ3) is 4.76. The second-order valence-electron chi connectivity index (χ2n) is 6.65. The van der Waals surface area contributed by atoms with E-state index >= 15 is 0 Å². The number of aryl methyl sites for hydroxylation is 2. The Morgan fingerprint density at radius 3 is 2.30 bits per heavy atom. The van der Waals surface area contributed by atoms with Gasteiger partial charge in [0.05, 0.1) is 22.0 Å². The van der Waals surface area contributed by atoms with Crippen molar-refractivity contribution >= 4 is 11.6 Å². The van der Waals surface area contributed by atoms with Gasteiger partial charge in [-0.3, -0.25) is 4.68 Å². The van der Waals surface area contributed by atoms with Crippen molar-refractivity contribution in [1.82, 2.24) is 15.1 Å². The van der Waals surface area contributed by atoms with E-state index in [1.54, 1.807) is 0 Å². The number of nitrogens with one attached hydrogen (secondary N) is 1. The zero-order valence-corrected chi connectivity index (χ0v) is 14.3. The number of rotatable bonds is 6. The van der Waals surface area contributed by atoms with Crippen LogP contribution in [0.5, 0.6) is 0 Å². The Balaban J connectivity index is 2.88. The summed E-state index contributed by atoms with van der Waals surface area (Å²) in [6.07, 6.45) is 1.30. The topological polar surface area (TPSA) is 50.1 Å². The van der Waals surface area contributed by atoms with Crippen molar-refractivity contribution in [3.8, 4) is 0 Å². The number of aromatic nitrogens is 2. The Morgan fingerprint density at radius 1 is 1.25 bits per heavy atom. The molecule has 0 aliphatic carbocycles. The average Bonchev–Trinajstić information content (AvgIpc) is 2.63. The fraction of sp³-hybridized carbons (Fsp3) is 0.800. The maximum Gasteiger partial charge on any atom is 0.0850 e. The van der Waals surface area contributed by atoms with E-state index in [0.29, 0.717) is 18.0 Å². The number of halogens is 1. The Labute approximate surface area is 127 Å². The van der Waals surface area contributed by atoms with E-state index in [0.717, 1.165) is 24.4 Å². The van der Waals surface area contributed by atoms with Gasteiger partial charge in [-0.2, -0.15) is 5.10 Å². The Bertz CT molecular complexity index is 447. The highest BCUT2D eigenvalue weighted by molar-refractivity contribution is 6.31. The molecule has 0 spiro atoms. The lowest BCUT2D eigenvalue weighted by Crippen LogP contribution is -2.47. The molecule has 116 valence electrons. The molecule has 1 atom stereocenters. The number of aliphatic hydroxyl groups is 1. The quantitative estimate of drug-likeness (QED) is 0.849. The first kappa shape index (κ1) is 17.5. The molecule has 5 heteroatoms. The summed E-state index contributed by atoms with van der Waals surface area (Å²) >= 11 is 6.39. The molecule has 0 aromatic carbocycles. The van der Waals surface area contributed by atoms with Gasteiger partial charge < -0.3 is 10.4 Å². The molecule has 0 aliphatic rings. The molecular weight excluding hydrogens is 274 g/mol.